The predicted molar refractivity (Wildman–Crippen MR) is 116 cm³/mol. The average molecular weight is 445 g/mol. The Morgan fingerprint density at radius 1 is 1.13 bits per heavy atom. The van der Waals surface area contributed by atoms with Gasteiger partial charge in [-0.15, -0.1) is 11.3 Å². The van der Waals surface area contributed by atoms with Gasteiger partial charge >= 0.3 is 0 Å². The number of rotatable bonds is 5. The van der Waals surface area contributed by atoms with E-state index in [2.05, 4.69) is 12.1 Å². The van der Waals surface area contributed by atoms with Gasteiger partial charge in [-0.3, -0.25) is 14.4 Å². The van der Waals surface area contributed by atoms with Gasteiger partial charge in [0.15, 0.2) is 0 Å². The summed E-state index contributed by atoms with van der Waals surface area (Å²) in [5.74, 6) is -0.489. The summed E-state index contributed by atoms with van der Waals surface area (Å²) in [6.45, 7) is 4.31. The van der Waals surface area contributed by atoms with E-state index in [1.165, 1.54) is 4.88 Å². The number of nitrogens with zero attached hydrogens (tertiary/aromatic N) is 3. The Balaban J connectivity index is 1.34. The van der Waals surface area contributed by atoms with Gasteiger partial charge in [-0.05, 0) is 38.2 Å². The summed E-state index contributed by atoms with van der Waals surface area (Å²) in [7, 11) is 0. The lowest BCUT2D eigenvalue weighted by Crippen LogP contribution is -2.44. The molecule has 0 spiro atoms. The third kappa shape index (κ3) is 4.66. The van der Waals surface area contributed by atoms with E-state index in [1.807, 2.05) is 16.3 Å². The van der Waals surface area contributed by atoms with Crippen molar-refractivity contribution in [1.82, 2.24) is 15.0 Å². The van der Waals surface area contributed by atoms with Gasteiger partial charge in [0, 0.05) is 48.4 Å². The molecule has 0 saturated carbocycles. The number of hydrogen-bond donors (Lipinski definition) is 1. The van der Waals surface area contributed by atoms with Gasteiger partial charge in [0.25, 0.3) is 11.8 Å². The summed E-state index contributed by atoms with van der Waals surface area (Å²) in [4.78, 5) is 41.7. The number of hydrogen-bond acceptors (Lipinski definition) is 6. The lowest BCUT2D eigenvalue weighted by Gasteiger charge is -2.31. The minimum absolute atomic E-state index is 0.0829. The molecule has 0 aliphatic carbocycles. The van der Waals surface area contributed by atoms with Crippen LogP contribution >= 0.6 is 11.3 Å². The first-order valence-corrected chi connectivity index (χ1v) is 11.8. The Bertz CT molecular complexity index is 960. The number of aromatic nitrogens is 1. The largest absolute Gasteiger partial charge is 0.369 e. The summed E-state index contributed by atoms with van der Waals surface area (Å²) < 4.78 is 5.35. The second-order valence-corrected chi connectivity index (χ2v) is 9.33. The molecule has 4 heterocycles. The van der Waals surface area contributed by atoms with Crippen molar-refractivity contribution in [2.75, 3.05) is 26.2 Å². The smallest absolute Gasteiger partial charge is 0.292 e. The maximum Gasteiger partial charge on any atom is 0.292 e. The van der Waals surface area contributed by atoms with Crippen molar-refractivity contribution < 1.29 is 18.9 Å². The van der Waals surface area contributed by atoms with Crippen molar-refractivity contribution >= 4 is 29.1 Å². The standard InChI is InChI=1S/C22H28N4O4S/c1-2-17-10-16(13-31-17)21(28)25-8-5-14(6-9-25)18-11-19(30-24-18)22(29)26-7-3-4-15(12-26)20(23)27/h10-11,13-15H,2-9,12H2,1H3,(H2,23,27)/t15-/m0/s1. The van der Waals surface area contributed by atoms with E-state index in [0.29, 0.717) is 32.6 Å². The van der Waals surface area contributed by atoms with Crippen LogP contribution in [-0.4, -0.2) is 58.9 Å². The summed E-state index contributed by atoms with van der Waals surface area (Å²) >= 11 is 1.63. The molecule has 2 N–H and O–H groups in total. The molecular formula is C22H28N4O4S. The van der Waals surface area contributed by atoms with E-state index < -0.39 is 0 Å². The zero-order chi connectivity index (χ0) is 22.0. The van der Waals surface area contributed by atoms with Crippen LogP contribution in [0.2, 0.25) is 0 Å². The van der Waals surface area contributed by atoms with E-state index >= 15 is 0 Å². The van der Waals surface area contributed by atoms with Crippen LogP contribution in [0, 0.1) is 5.92 Å². The molecule has 4 rings (SSSR count). The number of thiophene rings is 1. The minimum atomic E-state index is -0.370. The van der Waals surface area contributed by atoms with Gasteiger partial charge in [-0.2, -0.15) is 0 Å². The second-order valence-electron chi connectivity index (χ2n) is 8.33. The molecule has 2 aromatic rings. The maximum absolute atomic E-state index is 12.8. The van der Waals surface area contributed by atoms with E-state index in [-0.39, 0.29) is 35.3 Å². The Kier molecular flexibility index (Phi) is 6.41. The van der Waals surface area contributed by atoms with Crippen molar-refractivity contribution in [3.05, 3.63) is 39.4 Å². The van der Waals surface area contributed by atoms with Gasteiger partial charge in [0.2, 0.25) is 11.7 Å². The van der Waals surface area contributed by atoms with Crippen LogP contribution < -0.4 is 5.73 Å². The first-order valence-electron chi connectivity index (χ1n) is 10.9. The molecular weight excluding hydrogens is 416 g/mol. The highest BCUT2D eigenvalue weighted by atomic mass is 32.1. The summed E-state index contributed by atoms with van der Waals surface area (Å²) in [5, 5.41) is 6.07. The topological polar surface area (TPSA) is 110 Å². The summed E-state index contributed by atoms with van der Waals surface area (Å²) in [6.07, 6.45) is 3.96. The molecule has 2 aromatic heterocycles. The Morgan fingerprint density at radius 3 is 2.58 bits per heavy atom. The van der Waals surface area contributed by atoms with E-state index in [0.717, 1.165) is 36.9 Å². The highest BCUT2D eigenvalue weighted by molar-refractivity contribution is 7.10. The molecule has 166 valence electrons. The van der Waals surface area contributed by atoms with Crippen LogP contribution in [0.25, 0.3) is 0 Å². The van der Waals surface area contributed by atoms with Crippen LogP contribution in [0.3, 0.4) is 0 Å². The number of primary amides is 1. The van der Waals surface area contributed by atoms with E-state index in [1.54, 1.807) is 22.3 Å². The molecule has 31 heavy (non-hydrogen) atoms. The van der Waals surface area contributed by atoms with Gasteiger partial charge in [-0.25, -0.2) is 0 Å². The molecule has 0 radical (unpaired) electrons. The fraction of sp³-hybridized carbons (Fsp3) is 0.545. The van der Waals surface area contributed by atoms with Crippen molar-refractivity contribution in [2.24, 2.45) is 11.7 Å². The quantitative estimate of drug-likeness (QED) is 0.762. The van der Waals surface area contributed by atoms with Gasteiger partial charge in [0.05, 0.1) is 17.2 Å². The number of likely N-dealkylation sites (tertiary alicyclic amines) is 2. The molecule has 8 nitrogen and oxygen atoms in total. The average Bonchev–Trinajstić information content (AvgIpc) is 3.48. The number of amides is 3. The van der Waals surface area contributed by atoms with Gasteiger partial charge < -0.3 is 20.1 Å². The molecule has 2 aliphatic heterocycles. The summed E-state index contributed by atoms with van der Waals surface area (Å²) in [6, 6.07) is 3.70. The van der Waals surface area contributed by atoms with Crippen LogP contribution in [0.15, 0.2) is 22.0 Å². The monoisotopic (exact) mass is 444 g/mol. The Labute approximate surface area is 185 Å². The molecule has 0 bridgehead atoms. The zero-order valence-electron chi connectivity index (χ0n) is 17.7. The highest BCUT2D eigenvalue weighted by Gasteiger charge is 2.31. The SMILES string of the molecule is CCc1cc(C(=O)N2CCC(c3cc(C(=O)N4CCC[C@H](C(N)=O)C4)on3)CC2)cs1. The second kappa shape index (κ2) is 9.21. The van der Waals surface area contributed by atoms with Gasteiger partial charge in [0.1, 0.15) is 0 Å². The number of aryl methyl sites for hydroxylation is 1. The van der Waals surface area contributed by atoms with Crippen LogP contribution in [0.4, 0.5) is 0 Å². The Morgan fingerprint density at radius 2 is 1.90 bits per heavy atom. The third-order valence-electron chi connectivity index (χ3n) is 6.30. The summed E-state index contributed by atoms with van der Waals surface area (Å²) in [5.41, 5.74) is 6.93. The fourth-order valence-corrected chi connectivity index (χ4v) is 5.18. The van der Waals surface area contributed by atoms with E-state index in [9.17, 15) is 14.4 Å². The molecule has 1 atom stereocenters. The van der Waals surface area contributed by atoms with Crippen LogP contribution in [0.5, 0.6) is 0 Å². The van der Waals surface area contributed by atoms with Crippen molar-refractivity contribution in [1.29, 1.82) is 0 Å². The van der Waals surface area contributed by atoms with Crippen LogP contribution in [0.1, 0.15) is 70.0 Å². The Hall–Kier alpha value is -2.68. The van der Waals surface area contributed by atoms with Crippen molar-refractivity contribution in [3.63, 3.8) is 0 Å². The lowest BCUT2D eigenvalue weighted by atomic mass is 9.93. The maximum atomic E-state index is 12.8. The number of carbonyl (C=O) groups is 3. The lowest BCUT2D eigenvalue weighted by molar-refractivity contribution is -0.123. The fourth-order valence-electron chi connectivity index (χ4n) is 4.37. The molecule has 3 amide bonds. The molecule has 0 unspecified atom stereocenters. The molecule has 2 saturated heterocycles. The number of nitrogens with two attached hydrogens (primary N) is 1. The van der Waals surface area contributed by atoms with Crippen molar-refractivity contribution in [3.8, 4) is 0 Å². The van der Waals surface area contributed by atoms with Crippen LogP contribution in [-0.2, 0) is 11.2 Å². The molecule has 9 heteroatoms. The normalized spacial score (nSPS) is 20.1. The van der Waals surface area contributed by atoms with E-state index in [4.69, 9.17) is 10.3 Å². The number of carbonyl (C=O) groups excluding carboxylic acids is 3. The minimum Gasteiger partial charge on any atom is -0.369 e. The molecule has 2 aliphatic rings. The first-order chi connectivity index (χ1) is 15.0. The highest BCUT2D eigenvalue weighted by Crippen LogP contribution is 2.29. The van der Waals surface area contributed by atoms with Crippen molar-refractivity contribution in [2.45, 2.75) is 44.9 Å². The number of piperidine rings is 2. The predicted octanol–water partition coefficient (Wildman–Crippen LogP) is 2.66. The van der Waals surface area contributed by atoms with Gasteiger partial charge in [-0.1, -0.05) is 12.1 Å². The third-order valence-corrected chi connectivity index (χ3v) is 7.38. The first kappa shape index (κ1) is 21.5. The molecule has 0 aromatic carbocycles. The zero-order valence-corrected chi connectivity index (χ0v) is 18.5. The molecule has 2 fully saturated rings.